The highest BCUT2D eigenvalue weighted by atomic mass is 19.1. The van der Waals surface area contributed by atoms with Gasteiger partial charge in [0.1, 0.15) is 11.9 Å². The van der Waals surface area contributed by atoms with Gasteiger partial charge in [-0.05, 0) is 55.9 Å². The lowest BCUT2D eigenvalue weighted by atomic mass is 10.1. The summed E-state index contributed by atoms with van der Waals surface area (Å²) in [6.45, 7) is 2.20. The maximum absolute atomic E-state index is 13.6. The molecule has 3 rings (SSSR count). The average Bonchev–Trinajstić information content (AvgIpc) is 2.84. The van der Waals surface area contributed by atoms with Crippen molar-refractivity contribution in [1.82, 2.24) is 5.32 Å². The lowest BCUT2D eigenvalue weighted by Gasteiger charge is -2.28. The molecule has 0 spiro atoms. The third-order valence-corrected chi connectivity index (χ3v) is 5.00. The summed E-state index contributed by atoms with van der Waals surface area (Å²) in [7, 11) is 0. The number of nitrogens with one attached hydrogen (secondary N) is 1. The number of carbonyl (C=O) groups excluding carboxylic acids is 2. The van der Waals surface area contributed by atoms with E-state index in [1.807, 2.05) is 30.3 Å². The first-order valence-electron chi connectivity index (χ1n) is 9.49. The number of rotatable bonds is 6. The SMILES string of the molecule is C[C@H](C(=O)NCCCc1ccccc1F)N1C(=O)CCCc2ccccc21. The third kappa shape index (κ3) is 4.54. The molecule has 0 bridgehead atoms. The summed E-state index contributed by atoms with van der Waals surface area (Å²) in [5.41, 5.74) is 2.58. The van der Waals surface area contributed by atoms with Gasteiger partial charge in [-0.15, -0.1) is 0 Å². The second kappa shape index (κ2) is 8.80. The minimum Gasteiger partial charge on any atom is -0.354 e. The van der Waals surface area contributed by atoms with E-state index in [2.05, 4.69) is 5.32 Å². The topological polar surface area (TPSA) is 49.4 Å². The summed E-state index contributed by atoms with van der Waals surface area (Å²) in [5.74, 6) is -0.425. The van der Waals surface area contributed by atoms with Gasteiger partial charge in [0.2, 0.25) is 11.8 Å². The zero-order chi connectivity index (χ0) is 19.2. The molecule has 1 heterocycles. The molecule has 0 aromatic heterocycles. The van der Waals surface area contributed by atoms with Crippen LogP contribution in [0.25, 0.3) is 0 Å². The van der Waals surface area contributed by atoms with Gasteiger partial charge in [0.25, 0.3) is 0 Å². The van der Waals surface area contributed by atoms with Crippen molar-refractivity contribution >= 4 is 17.5 Å². The summed E-state index contributed by atoms with van der Waals surface area (Å²) >= 11 is 0. The molecule has 0 unspecified atom stereocenters. The number of fused-ring (bicyclic) bond motifs is 1. The Morgan fingerprint density at radius 3 is 2.70 bits per heavy atom. The summed E-state index contributed by atoms with van der Waals surface area (Å²) in [5, 5.41) is 2.89. The molecule has 1 atom stereocenters. The fourth-order valence-corrected chi connectivity index (χ4v) is 3.52. The molecule has 27 heavy (non-hydrogen) atoms. The quantitative estimate of drug-likeness (QED) is 0.792. The lowest BCUT2D eigenvalue weighted by molar-refractivity contribution is -0.126. The summed E-state index contributed by atoms with van der Waals surface area (Å²) < 4.78 is 13.6. The van der Waals surface area contributed by atoms with Crippen molar-refractivity contribution in [3.8, 4) is 0 Å². The number of benzene rings is 2. The first-order valence-corrected chi connectivity index (χ1v) is 9.49. The Labute approximate surface area is 159 Å². The Morgan fingerprint density at radius 1 is 1.15 bits per heavy atom. The largest absolute Gasteiger partial charge is 0.354 e. The molecule has 1 aliphatic heterocycles. The number of anilines is 1. The van der Waals surface area contributed by atoms with Gasteiger partial charge < -0.3 is 5.32 Å². The van der Waals surface area contributed by atoms with Crippen molar-refractivity contribution in [2.75, 3.05) is 11.4 Å². The van der Waals surface area contributed by atoms with Gasteiger partial charge in [-0.1, -0.05) is 36.4 Å². The van der Waals surface area contributed by atoms with E-state index >= 15 is 0 Å². The highest BCUT2D eigenvalue weighted by molar-refractivity contribution is 6.01. The monoisotopic (exact) mass is 368 g/mol. The molecule has 0 aliphatic carbocycles. The van der Waals surface area contributed by atoms with Crippen LogP contribution in [0, 0.1) is 5.82 Å². The molecule has 4 nitrogen and oxygen atoms in total. The first kappa shape index (κ1) is 19.1. The fourth-order valence-electron chi connectivity index (χ4n) is 3.52. The molecule has 2 amide bonds. The Balaban J connectivity index is 1.59. The minimum absolute atomic E-state index is 0.0195. The molecular weight excluding hydrogens is 343 g/mol. The van der Waals surface area contributed by atoms with Crippen LogP contribution in [0.5, 0.6) is 0 Å². The van der Waals surface area contributed by atoms with E-state index in [-0.39, 0.29) is 17.6 Å². The predicted molar refractivity (Wildman–Crippen MR) is 104 cm³/mol. The van der Waals surface area contributed by atoms with Gasteiger partial charge in [-0.2, -0.15) is 0 Å². The Hall–Kier alpha value is -2.69. The van der Waals surface area contributed by atoms with Gasteiger partial charge in [0.05, 0.1) is 0 Å². The molecule has 0 fully saturated rings. The Bertz CT molecular complexity index is 821. The Kier molecular flexibility index (Phi) is 6.22. The van der Waals surface area contributed by atoms with Gasteiger partial charge in [0.15, 0.2) is 0 Å². The summed E-state index contributed by atoms with van der Waals surface area (Å²) in [6.07, 6.45) is 3.29. The van der Waals surface area contributed by atoms with E-state index in [1.54, 1.807) is 24.0 Å². The minimum atomic E-state index is -0.579. The van der Waals surface area contributed by atoms with Crippen molar-refractivity contribution in [2.45, 2.75) is 45.1 Å². The van der Waals surface area contributed by atoms with Crippen molar-refractivity contribution in [2.24, 2.45) is 0 Å². The van der Waals surface area contributed by atoms with E-state index < -0.39 is 6.04 Å². The number of carbonyl (C=O) groups is 2. The molecule has 2 aromatic carbocycles. The van der Waals surface area contributed by atoms with Crippen molar-refractivity contribution < 1.29 is 14.0 Å². The molecule has 0 saturated heterocycles. The van der Waals surface area contributed by atoms with Gasteiger partial charge in [0, 0.05) is 18.7 Å². The third-order valence-electron chi connectivity index (χ3n) is 5.00. The van der Waals surface area contributed by atoms with Crippen molar-refractivity contribution in [3.63, 3.8) is 0 Å². The van der Waals surface area contributed by atoms with Gasteiger partial charge >= 0.3 is 0 Å². The smallest absolute Gasteiger partial charge is 0.242 e. The van der Waals surface area contributed by atoms with Crippen LogP contribution in [-0.2, 0) is 22.4 Å². The number of aryl methyl sites for hydroxylation is 2. The standard InChI is InChI=1S/C22H25FN2O2/c1-16(22(27)24-15-7-11-17-8-2-4-12-19(17)23)25-20-13-5-3-9-18(20)10-6-14-21(25)26/h2-5,8-9,12-13,16H,6-7,10-11,14-15H2,1H3,(H,24,27)/t16-/m1/s1. The number of hydrogen-bond donors (Lipinski definition) is 1. The van der Waals surface area contributed by atoms with E-state index in [4.69, 9.17) is 0 Å². The second-order valence-corrected chi connectivity index (χ2v) is 6.91. The fraction of sp³-hybridized carbons (Fsp3) is 0.364. The molecule has 0 saturated carbocycles. The average molecular weight is 368 g/mol. The number of nitrogens with zero attached hydrogens (tertiary/aromatic N) is 1. The number of hydrogen-bond acceptors (Lipinski definition) is 2. The summed E-state index contributed by atoms with van der Waals surface area (Å²) in [4.78, 5) is 26.8. The molecule has 5 heteroatoms. The van der Waals surface area contributed by atoms with Crippen molar-refractivity contribution in [1.29, 1.82) is 0 Å². The number of halogens is 1. The van der Waals surface area contributed by atoms with Crippen LogP contribution in [0.15, 0.2) is 48.5 Å². The van der Waals surface area contributed by atoms with E-state index in [9.17, 15) is 14.0 Å². The first-order chi connectivity index (χ1) is 13.1. The normalized spacial score (nSPS) is 15.0. The van der Waals surface area contributed by atoms with Crippen LogP contribution in [0.4, 0.5) is 10.1 Å². The Morgan fingerprint density at radius 2 is 1.89 bits per heavy atom. The van der Waals surface area contributed by atoms with Gasteiger partial charge in [-0.25, -0.2) is 4.39 Å². The molecule has 2 aromatic rings. The van der Waals surface area contributed by atoms with Gasteiger partial charge in [-0.3, -0.25) is 14.5 Å². The maximum atomic E-state index is 13.6. The second-order valence-electron chi connectivity index (χ2n) is 6.91. The van der Waals surface area contributed by atoms with Crippen LogP contribution >= 0.6 is 0 Å². The van der Waals surface area contributed by atoms with Crippen LogP contribution in [0.1, 0.15) is 37.3 Å². The predicted octanol–water partition coefficient (Wildman–Crippen LogP) is 3.63. The van der Waals surface area contributed by atoms with Crippen LogP contribution in [0.2, 0.25) is 0 Å². The highest BCUT2D eigenvalue weighted by Crippen LogP contribution is 2.28. The maximum Gasteiger partial charge on any atom is 0.242 e. The van der Waals surface area contributed by atoms with E-state index in [0.29, 0.717) is 31.4 Å². The zero-order valence-electron chi connectivity index (χ0n) is 15.6. The molecule has 1 aliphatic rings. The highest BCUT2D eigenvalue weighted by Gasteiger charge is 2.30. The molecule has 0 radical (unpaired) electrons. The molecule has 142 valence electrons. The summed E-state index contributed by atoms with van der Waals surface area (Å²) in [6, 6.07) is 13.9. The zero-order valence-corrected chi connectivity index (χ0v) is 15.6. The number of amides is 2. The van der Waals surface area contributed by atoms with Crippen LogP contribution in [-0.4, -0.2) is 24.4 Å². The van der Waals surface area contributed by atoms with Crippen molar-refractivity contribution in [3.05, 3.63) is 65.5 Å². The molecular formula is C22H25FN2O2. The lowest BCUT2D eigenvalue weighted by Crippen LogP contribution is -2.48. The van der Waals surface area contributed by atoms with E-state index in [0.717, 1.165) is 24.1 Å². The van der Waals surface area contributed by atoms with Crippen LogP contribution < -0.4 is 10.2 Å². The number of para-hydroxylation sites is 1. The molecule has 1 N–H and O–H groups in total. The van der Waals surface area contributed by atoms with Crippen LogP contribution in [0.3, 0.4) is 0 Å². The van der Waals surface area contributed by atoms with E-state index in [1.165, 1.54) is 6.07 Å².